The second kappa shape index (κ2) is 4.61. The van der Waals surface area contributed by atoms with Crippen molar-refractivity contribution in [1.82, 2.24) is 9.97 Å². The van der Waals surface area contributed by atoms with Crippen LogP contribution in [0.2, 0.25) is 0 Å². The summed E-state index contributed by atoms with van der Waals surface area (Å²) in [4.78, 5) is 8.53. The van der Waals surface area contributed by atoms with Gasteiger partial charge in [0.2, 0.25) is 0 Å². The molecule has 1 aromatic heterocycles. The van der Waals surface area contributed by atoms with E-state index in [-0.39, 0.29) is 0 Å². The van der Waals surface area contributed by atoms with Crippen molar-refractivity contribution in [2.45, 2.75) is 0 Å². The van der Waals surface area contributed by atoms with Gasteiger partial charge in [-0.3, -0.25) is 0 Å². The fourth-order valence-electron chi connectivity index (χ4n) is 2.03. The number of hydrogen-bond acceptors (Lipinski definition) is 4. The predicted octanol–water partition coefficient (Wildman–Crippen LogP) is 1.21. The van der Waals surface area contributed by atoms with Gasteiger partial charge in [0.15, 0.2) is 0 Å². The Kier molecular flexibility index (Phi) is 2.80. The van der Waals surface area contributed by atoms with Gasteiger partial charge < -0.3 is 11.1 Å². The summed E-state index contributed by atoms with van der Waals surface area (Å²) in [5, 5.41) is 4.27. The lowest BCUT2D eigenvalue weighted by Gasteiger charge is -2.09. The van der Waals surface area contributed by atoms with Crippen molar-refractivity contribution < 1.29 is 0 Å². The van der Waals surface area contributed by atoms with Gasteiger partial charge in [-0.2, -0.15) is 0 Å². The van der Waals surface area contributed by atoms with Crippen molar-refractivity contribution in [2.24, 2.45) is 0 Å². The van der Waals surface area contributed by atoms with Gasteiger partial charge in [0.25, 0.3) is 0 Å². The van der Waals surface area contributed by atoms with Crippen LogP contribution in [0.4, 0.5) is 17.2 Å². The smallest absolute Gasteiger partial charge is 0.141 e. The number of hydrogen-bond donors (Lipinski definition) is 2. The summed E-state index contributed by atoms with van der Waals surface area (Å²) >= 11 is 0. The standard InChI is InChI=1S/C14H13BN4/c15-9-2-1-3-11(6-9)19-14-12-5-4-10(16)7-13(12)17-8-18-14/h1-8H,15-16H2,(H,17,18,19). The van der Waals surface area contributed by atoms with E-state index in [1.165, 1.54) is 5.46 Å². The number of fused-ring (bicyclic) bond motifs is 1. The third-order valence-electron chi connectivity index (χ3n) is 2.94. The molecule has 0 aliphatic carbocycles. The van der Waals surface area contributed by atoms with Gasteiger partial charge in [0, 0.05) is 16.8 Å². The monoisotopic (exact) mass is 248 g/mol. The Bertz CT molecular complexity index is 742. The highest BCUT2D eigenvalue weighted by Gasteiger charge is 2.04. The molecule has 2 aromatic carbocycles. The molecule has 0 spiro atoms. The van der Waals surface area contributed by atoms with Crippen LogP contribution >= 0.6 is 0 Å². The van der Waals surface area contributed by atoms with E-state index in [0.717, 1.165) is 22.4 Å². The predicted molar refractivity (Wildman–Crippen MR) is 81.9 cm³/mol. The highest BCUT2D eigenvalue weighted by Crippen LogP contribution is 2.23. The largest absolute Gasteiger partial charge is 0.399 e. The first-order valence-corrected chi connectivity index (χ1v) is 6.06. The van der Waals surface area contributed by atoms with E-state index in [1.54, 1.807) is 6.33 Å². The average Bonchev–Trinajstić information content (AvgIpc) is 2.38. The Labute approximate surface area is 112 Å². The number of benzene rings is 2. The van der Waals surface area contributed by atoms with Gasteiger partial charge in [-0.1, -0.05) is 17.6 Å². The Balaban J connectivity index is 2.06. The summed E-state index contributed by atoms with van der Waals surface area (Å²) in [6, 6.07) is 13.8. The highest BCUT2D eigenvalue weighted by molar-refractivity contribution is 6.32. The molecule has 0 amide bonds. The minimum atomic E-state index is 0.702. The van der Waals surface area contributed by atoms with E-state index in [9.17, 15) is 0 Å². The molecular formula is C14H13BN4. The molecule has 0 aliphatic rings. The first kappa shape index (κ1) is 11.5. The Morgan fingerprint density at radius 1 is 1.05 bits per heavy atom. The minimum absolute atomic E-state index is 0.702. The number of nitrogen functional groups attached to an aromatic ring is 1. The molecule has 5 heteroatoms. The first-order valence-electron chi connectivity index (χ1n) is 6.06. The molecule has 0 aliphatic heterocycles. The van der Waals surface area contributed by atoms with E-state index in [1.807, 2.05) is 30.3 Å². The highest BCUT2D eigenvalue weighted by atomic mass is 15.0. The van der Waals surface area contributed by atoms with E-state index >= 15 is 0 Å². The summed E-state index contributed by atoms with van der Waals surface area (Å²) in [7, 11) is 2.06. The van der Waals surface area contributed by atoms with Gasteiger partial charge in [-0.25, -0.2) is 9.97 Å². The van der Waals surface area contributed by atoms with Crippen LogP contribution in [0.15, 0.2) is 48.8 Å². The van der Waals surface area contributed by atoms with Crippen molar-refractivity contribution in [2.75, 3.05) is 11.1 Å². The van der Waals surface area contributed by atoms with Gasteiger partial charge in [-0.15, -0.1) is 0 Å². The average molecular weight is 248 g/mol. The van der Waals surface area contributed by atoms with E-state index in [0.29, 0.717) is 5.69 Å². The van der Waals surface area contributed by atoms with Gasteiger partial charge in [0.1, 0.15) is 20.0 Å². The number of anilines is 3. The van der Waals surface area contributed by atoms with Gasteiger partial charge in [0.05, 0.1) is 5.52 Å². The molecule has 3 rings (SSSR count). The number of rotatable bonds is 2. The van der Waals surface area contributed by atoms with Crippen LogP contribution in [-0.2, 0) is 0 Å². The molecule has 19 heavy (non-hydrogen) atoms. The van der Waals surface area contributed by atoms with E-state index in [4.69, 9.17) is 5.73 Å². The van der Waals surface area contributed by atoms with E-state index < -0.39 is 0 Å². The third-order valence-corrected chi connectivity index (χ3v) is 2.94. The SMILES string of the molecule is Bc1cccc(Nc2ncnc3cc(N)ccc23)c1. The molecule has 1 heterocycles. The summed E-state index contributed by atoms with van der Waals surface area (Å²) < 4.78 is 0. The molecule has 3 aromatic rings. The lowest BCUT2D eigenvalue weighted by Crippen LogP contribution is -2.03. The van der Waals surface area contributed by atoms with Crippen molar-refractivity contribution in [3.63, 3.8) is 0 Å². The zero-order valence-electron chi connectivity index (χ0n) is 10.6. The molecule has 3 N–H and O–H groups in total. The minimum Gasteiger partial charge on any atom is -0.399 e. The maximum absolute atomic E-state index is 5.77. The zero-order valence-corrected chi connectivity index (χ0v) is 10.6. The van der Waals surface area contributed by atoms with Crippen LogP contribution in [0.1, 0.15) is 0 Å². The first-order chi connectivity index (χ1) is 9.22. The number of nitrogens with zero attached hydrogens (tertiary/aromatic N) is 2. The topological polar surface area (TPSA) is 63.8 Å². The lowest BCUT2D eigenvalue weighted by molar-refractivity contribution is 1.22. The Morgan fingerprint density at radius 3 is 2.79 bits per heavy atom. The van der Waals surface area contributed by atoms with Crippen LogP contribution in [-0.4, -0.2) is 17.8 Å². The molecule has 0 bridgehead atoms. The summed E-state index contributed by atoms with van der Waals surface area (Å²) in [5.74, 6) is 0.788. The second-order valence-electron chi connectivity index (χ2n) is 4.49. The van der Waals surface area contributed by atoms with Crippen LogP contribution in [0.3, 0.4) is 0 Å². The third kappa shape index (κ3) is 2.35. The molecule has 92 valence electrons. The molecule has 0 fully saturated rings. The summed E-state index contributed by atoms with van der Waals surface area (Å²) in [5.41, 5.74) is 9.52. The molecule has 0 radical (unpaired) electrons. The van der Waals surface area contributed by atoms with Crippen LogP contribution in [0.25, 0.3) is 10.9 Å². The second-order valence-corrected chi connectivity index (χ2v) is 4.49. The van der Waals surface area contributed by atoms with E-state index in [2.05, 4.69) is 35.3 Å². The van der Waals surface area contributed by atoms with Crippen molar-refractivity contribution in [3.8, 4) is 0 Å². The maximum Gasteiger partial charge on any atom is 0.141 e. The summed E-state index contributed by atoms with van der Waals surface area (Å²) in [6.07, 6.45) is 1.54. The summed E-state index contributed by atoms with van der Waals surface area (Å²) in [6.45, 7) is 0. The number of aromatic nitrogens is 2. The Hall–Kier alpha value is -2.56. The number of nitrogens with two attached hydrogens (primary N) is 1. The Morgan fingerprint density at radius 2 is 1.95 bits per heavy atom. The van der Waals surface area contributed by atoms with Crippen molar-refractivity contribution in [3.05, 3.63) is 48.8 Å². The van der Waals surface area contributed by atoms with Crippen molar-refractivity contribution in [1.29, 1.82) is 0 Å². The van der Waals surface area contributed by atoms with Crippen LogP contribution in [0.5, 0.6) is 0 Å². The van der Waals surface area contributed by atoms with Gasteiger partial charge >= 0.3 is 0 Å². The zero-order chi connectivity index (χ0) is 13.2. The molecule has 0 atom stereocenters. The molecule has 0 saturated carbocycles. The van der Waals surface area contributed by atoms with Crippen LogP contribution in [0, 0.1) is 0 Å². The normalized spacial score (nSPS) is 10.5. The van der Waals surface area contributed by atoms with Crippen molar-refractivity contribution >= 4 is 41.4 Å². The molecule has 0 unspecified atom stereocenters. The fourth-order valence-corrected chi connectivity index (χ4v) is 2.03. The molecule has 0 saturated heterocycles. The quantitative estimate of drug-likeness (QED) is 0.528. The lowest BCUT2D eigenvalue weighted by atomic mass is 9.96. The fraction of sp³-hybridized carbons (Fsp3) is 0. The maximum atomic E-state index is 5.77. The molecule has 4 nitrogen and oxygen atoms in total. The number of nitrogens with one attached hydrogen (secondary N) is 1. The van der Waals surface area contributed by atoms with Gasteiger partial charge in [-0.05, 0) is 30.3 Å². The van der Waals surface area contributed by atoms with Crippen LogP contribution < -0.4 is 16.5 Å². The molecular weight excluding hydrogens is 235 g/mol.